The minimum Gasteiger partial charge on any atom is -0.458 e. The molecule has 2 aliphatic carbocycles. The Bertz CT molecular complexity index is 504. The number of hydrogen-bond donors (Lipinski definition) is 0. The normalized spacial score (nSPS) is 33.7. The predicted molar refractivity (Wildman–Crippen MR) is 91.5 cm³/mol. The van der Waals surface area contributed by atoms with Crippen molar-refractivity contribution in [1.82, 2.24) is 0 Å². The van der Waals surface area contributed by atoms with Crippen LogP contribution in [0, 0.1) is 16.7 Å². The Morgan fingerprint density at radius 1 is 1.39 bits per heavy atom. The Hall–Kier alpha value is -0.930. The molecule has 2 fully saturated rings. The Labute approximate surface area is 140 Å². The van der Waals surface area contributed by atoms with Crippen molar-refractivity contribution < 1.29 is 13.9 Å². The second-order valence-electron chi connectivity index (χ2n) is 9.14. The fourth-order valence-electron chi connectivity index (χ4n) is 4.19. The predicted octanol–water partition coefficient (Wildman–Crippen LogP) is 4.73. The van der Waals surface area contributed by atoms with E-state index in [1.165, 1.54) is 13.3 Å². The number of alkyl halides is 1. The lowest BCUT2D eigenvalue weighted by Crippen LogP contribution is -2.36. The van der Waals surface area contributed by atoms with Crippen molar-refractivity contribution in [2.24, 2.45) is 21.7 Å². The van der Waals surface area contributed by atoms with Crippen LogP contribution < -0.4 is 0 Å². The minimum atomic E-state index is -1.07. The Morgan fingerprint density at radius 2 is 2.00 bits per heavy atom. The van der Waals surface area contributed by atoms with E-state index in [0.717, 1.165) is 18.6 Å². The maximum absolute atomic E-state index is 13.6. The van der Waals surface area contributed by atoms with Gasteiger partial charge in [-0.25, -0.2) is 9.18 Å². The van der Waals surface area contributed by atoms with E-state index in [0.29, 0.717) is 5.92 Å². The first-order valence-electron chi connectivity index (χ1n) is 8.81. The molecule has 0 saturated heterocycles. The molecule has 0 aromatic carbocycles. The molecule has 2 aliphatic rings. The summed E-state index contributed by atoms with van der Waals surface area (Å²) in [6, 6.07) is -0.726. The van der Waals surface area contributed by atoms with Crippen molar-refractivity contribution in [3.05, 3.63) is 0 Å². The van der Waals surface area contributed by atoms with Crippen LogP contribution in [0.2, 0.25) is 0 Å². The molecular formula is C19H32FNO2. The molecule has 2 saturated carbocycles. The molecule has 2 bridgehead atoms. The average molecular weight is 325 g/mol. The number of hydrogen-bond acceptors (Lipinski definition) is 3. The lowest BCUT2D eigenvalue weighted by Gasteiger charge is -2.35. The highest BCUT2D eigenvalue weighted by molar-refractivity contribution is 5.96. The summed E-state index contributed by atoms with van der Waals surface area (Å²) < 4.78 is 19.0. The number of ether oxygens (including phenoxy) is 1. The molecule has 0 heterocycles. The zero-order valence-corrected chi connectivity index (χ0v) is 15.7. The van der Waals surface area contributed by atoms with Gasteiger partial charge in [0.1, 0.15) is 11.6 Å². The largest absolute Gasteiger partial charge is 0.458 e. The zero-order valence-electron chi connectivity index (χ0n) is 15.7. The van der Waals surface area contributed by atoms with E-state index in [1.54, 1.807) is 0 Å². The zero-order chi connectivity index (χ0) is 17.6. The molecule has 0 N–H and O–H groups in total. The maximum atomic E-state index is 13.6. The number of halogens is 1. The molecule has 2 rings (SSSR count). The first-order chi connectivity index (χ1) is 10.4. The molecule has 0 amide bonds. The Kier molecular flexibility index (Phi) is 4.69. The second kappa shape index (κ2) is 5.86. The average Bonchev–Trinajstić information content (AvgIpc) is 2.68. The van der Waals surface area contributed by atoms with Gasteiger partial charge in [0.25, 0.3) is 0 Å². The number of nitrogens with zero attached hydrogens (tertiary/aromatic N) is 1. The van der Waals surface area contributed by atoms with Gasteiger partial charge in [0.05, 0.1) is 6.17 Å². The summed E-state index contributed by atoms with van der Waals surface area (Å²) in [5.41, 5.74) is 0.742. The molecule has 0 aliphatic heterocycles. The second-order valence-corrected chi connectivity index (χ2v) is 9.14. The lowest BCUT2D eigenvalue weighted by molar-refractivity contribution is -0.156. The minimum absolute atomic E-state index is 0.0253. The van der Waals surface area contributed by atoms with Gasteiger partial charge in [0.15, 0.2) is 0 Å². The third-order valence-corrected chi connectivity index (χ3v) is 6.05. The summed E-state index contributed by atoms with van der Waals surface area (Å²) in [5, 5.41) is 0. The van der Waals surface area contributed by atoms with E-state index in [4.69, 9.17) is 9.73 Å². The molecule has 4 atom stereocenters. The van der Waals surface area contributed by atoms with E-state index in [2.05, 4.69) is 20.8 Å². The van der Waals surface area contributed by atoms with Crippen molar-refractivity contribution in [1.29, 1.82) is 0 Å². The number of carbonyl (C=O) groups excluding carboxylic acids is 1. The molecule has 4 heteroatoms. The van der Waals surface area contributed by atoms with Crippen LogP contribution in [0.15, 0.2) is 4.99 Å². The first-order valence-corrected chi connectivity index (χ1v) is 8.81. The quantitative estimate of drug-likeness (QED) is 0.701. The van der Waals surface area contributed by atoms with Gasteiger partial charge < -0.3 is 4.74 Å². The summed E-state index contributed by atoms with van der Waals surface area (Å²) >= 11 is 0. The van der Waals surface area contributed by atoms with Crippen molar-refractivity contribution in [2.75, 3.05) is 0 Å². The van der Waals surface area contributed by atoms with Gasteiger partial charge in [-0.2, -0.15) is 0 Å². The summed E-state index contributed by atoms with van der Waals surface area (Å²) in [4.78, 5) is 17.2. The van der Waals surface area contributed by atoms with Gasteiger partial charge in [-0.05, 0) is 58.3 Å². The van der Waals surface area contributed by atoms with Crippen LogP contribution in [-0.2, 0) is 9.53 Å². The molecule has 0 unspecified atom stereocenters. The van der Waals surface area contributed by atoms with E-state index in [9.17, 15) is 9.18 Å². The van der Waals surface area contributed by atoms with Crippen LogP contribution in [0.25, 0.3) is 0 Å². The van der Waals surface area contributed by atoms with Crippen molar-refractivity contribution >= 4 is 11.7 Å². The highest BCUT2D eigenvalue weighted by Gasteiger charge is 2.59. The van der Waals surface area contributed by atoms with Crippen molar-refractivity contribution in [3.63, 3.8) is 0 Å². The van der Waals surface area contributed by atoms with Crippen LogP contribution in [-0.4, -0.2) is 29.5 Å². The summed E-state index contributed by atoms with van der Waals surface area (Å²) in [5.74, 6) is 0.215. The highest BCUT2D eigenvalue weighted by atomic mass is 19.1. The van der Waals surface area contributed by atoms with Crippen LogP contribution in [0.4, 0.5) is 4.39 Å². The molecule has 0 spiro atoms. The van der Waals surface area contributed by atoms with Crippen LogP contribution in [0.5, 0.6) is 0 Å². The topological polar surface area (TPSA) is 38.7 Å². The van der Waals surface area contributed by atoms with Crippen LogP contribution in [0.1, 0.15) is 74.1 Å². The molecule has 0 radical (unpaired) electrons. The number of rotatable bonds is 4. The Balaban J connectivity index is 2.26. The van der Waals surface area contributed by atoms with Gasteiger partial charge >= 0.3 is 5.97 Å². The standard InChI is InChI=1S/C19H32FNO2/c1-12(20)10-14(16(22)23-17(2,3)4)21-15-11-13-8-9-19(15,7)18(13,5)6/h12-14H,8-11H2,1-7H3/t12-,13-,14+,19+/m1/s1. The maximum Gasteiger partial charge on any atom is 0.331 e. The highest BCUT2D eigenvalue weighted by Crippen LogP contribution is 2.64. The molecule has 132 valence electrons. The van der Waals surface area contributed by atoms with Gasteiger partial charge in [0, 0.05) is 17.5 Å². The number of esters is 1. The van der Waals surface area contributed by atoms with Gasteiger partial charge in [-0.3, -0.25) is 4.99 Å². The molecule has 0 aromatic heterocycles. The molecular weight excluding hydrogens is 293 g/mol. The van der Waals surface area contributed by atoms with Crippen molar-refractivity contribution in [3.8, 4) is 0 Å². The molecule has 0 aromatic rings. The van der Waals surface area contributed by atoms with E-state index < -0.39 is 23.8 Å². The monoisotopic (exact) mass is 325 g/mol. The fourth-order valence-corrected chi connectivity index (χ4v) is 4.19. The van der Waals surface area contributed by atoms with Crippen molar-refractivity contribution in [2.45, 2.75) is 92.0 Å². The van der Waals surface area contributed by atoms with E-state index in [-0.39, 0.29) is 17.3 Å². The smallest absolute Gasteiger partial charge is 0.331 e. The summed E-state index contributed by atoms with van der Waals surface area (Å²) in [6.45, 7) is 13.8. The van der Waals surface area contributed by atoms with E-state index >= 15 is 0 Å². The number of carbonyl (C=O) groups is 1. The Morgan fingerprint density at radius 3 is 2.39 bits per heavy atom. The van der Waals surface area contributed by atoms with Crippen LogP contribution >= 0.6 is 0 Å². The number of aliphatic imine (C=N–C) groups is 1. The lowest BCUT2D eigenvalue weighted by atomic mass is 9.70. The third kappa shape index (κ3) is 3.46. The first kappa shape index (κ1) is 18.4. The SMILES string of the molecule is C[C@@H](F)C[C@H](N=C1C[C@H]2CC[C@]1(C)C2(C)C)C(=O)OC(C)(C)C. The fraction of sp³-hybridized carbons (Fsp3) is 0.895. The molecule has 23 heavy (non-hydrogen) atoms. The summed E-state index contributed by atoms with van der Waals surface area (Å²) in [6.07, 6.45) is 2.29. The van der Waals surface area contributed by atoms with Gasteiger partial charge in [-0.15, -0.1) is 0 Å². The summed E-state index contributed by atoms with van der Waals surface area (Å²) in [7, 11) is 0. The van der Waals surface area contributed by atoms with Crippen LogP contribution in [0.3, 0.4) is 0 Å². The van der Waals surface area contributed by atoms with Gasteiger partial charge in [0.2, 0.25) is 0 Å². The number of fused-ring (bicyclic) bond motifs is 2. The third-order valence-electron chi connectivity index (χ3n) is 6.05. The van der Waals surface area contributed by atoms with E-state index in [1.807, 2.05) is 20.8 Å². The molecule has 3 nitrogen and oxygen atoms in total. The van der Waals surface area contributed by atoms with Gasteiger partial charge in [-0.1, -0.05) is 20.8 Å².